The van der Waals surface area contributed by atoms with Crippen LogP contribution in [0.5, 0.6) is 0 Å². The fraction of sp³-hybridized carbons (Fsp3) is 0.500. The number of rotatable bonds is 8. The first-order valence-corrected chi connectivity index (χ1v) is 13.3. The van der Waals surface area contributed by atoms with E-state index in [1.807, 2.05) is 41.5 Å². The first kappa shape index (κ1) is 29.0. The molecule has 0 saturated carbocycles. The van der Waals surface area contributed by atoms with Crippen LogP contribution in [0.25, 0.3) is 0 Å². The van der Waals surface area contributed by atoms with Crippen molar-refractivity contribution in [3.63, 3.8) is 0 Å². The Morgan fingerprint density at radius 3 is 2.27 bits per heavy atom. The summed E-state index contributed by atoms with van der Waals surface area (Å²) in [5.74, 6) is 0.575. The number of halogens is 4. The van der Waals surface area contributed by atoms with Crippen LogP contribution < -0.4 is 0 Å². The van der Waals surface area contributed by atoms with E-state index in [1.165, 1.54) is 12.1 Å². The third kappa shape index (κ3) is 7.06. The quantitative estimate of drug-likeness (QED) is 0.319. The second-order valence-corrected chi connectivity index (χ2v) is 10.8. The molecule has 3 atom stereocenters. The second kappa shape index (κ2) is 11.9. The summed E-state index contributed by atoms with van der Waals surface area (Å²) in [4.78, 5) is 10.7. The normalized spacial score (nSPS) is 20.9. The first-order valence-electron chi connectivity index (χ1n) is 12.5. The molecule has 0 aliphatic carbocycles. The summed E-state index contributed by atoms with van der Waals surface area (Å²) in [6.07, 6.45) is -4.00. The molecule has 0 saturated heterocycles. The fourth-order valence-electron chi connectivity index (χ4n) is 4.39. The summed E-state index contributed by atoms with van der Waals surface area (Å²) >= 11 is 1.09. The smallest absolute Gasteiger partial charge is 0.416 e. The number of alkyl halides is 3. The van der Waals surface area contributed by atoms with Gasteiger partial charge in [-0.1, -0.05) is 44.7 Å². The van der Waals surface area contributed by atoms with Crippen LogP contribution >= 0.6 is 11.8 Å². The fourth-order valence-corrected chi connectivity index (χ4v) is 5.29. The van der Waals surface area contributed by atoms with Crippen molar-refractivity contribution in [1.82, 2.24) is 0 Å². The van der Waals surface area contributed by atoms with Gasteiger partial charge in [0.15, 0.2) is 0 Å². The van der Waals surface area contributed by atoms with E-state index in [4.69, 9.17) is 19.5 Å². The van der Waals surface area contributed by atoms with Gasteiger partial charge in [-0.3, -0.25) is 0 Å². The van der Waals surface area contributed by atoms with Crippen LogP contribution in [0.15, 0.2) is 62.2 Å². The maximum atomic E-state index is 15.2. The summed E-state index contributed by atoms with van der Waals surface area (Å²) in [5.41, 5.74) is -1.07. The number of aliphatic imine (C=N–C) groups is 2. The van der Waals surface area contributed by atoms with Gasteiger partial charge < -0.3 is 9.47 Å². The molecule has 1 unspecified atom stereocenters. The first-order chi connectivity index (χ1) is 17.4. The van der Waals surface area contributed by atoms with Crippen LogP contribution in [0.2, 0.25) is 0 Å². The molecule has 4 nitrogen and oxygen atoms in total. The zero-order chi connectivity index (χ0) is 27.4. The second-order valence-electron chi connectivity index (χ2n) is 9.63. The molecule has 1 aliphatic rings. The van der Waals surface area contributed by atoms with Crippen molar-refractivity contribution in [2.45, 2.75) is 81.4 Å². The molecule has 0 bridgehead atoms. The van der Waals surface area contributed by atoms with Crippen LogP contribution in [0, 0.1) is 11.7 Å². The van der Waals surface area contributed by atoms with Crippen molar-refractivity contribution in [3.05, 3.63) is 59.4 Å². The average Bonchev–Trinajstić information content (AvgIpc) is 2.80. The third-order valence-electron chi connectivity index (χ3n) is 6.14. The zero-order valence-corrected chi connectivity index (χ0v) is 22.8. The Morgan fingerprint density at radius 1 is 1.00 bits per heavy atom. The van der Waals surface area contributed by atoms with Crippen molar-refractivity contribution in [1.29, 1.82) is 0 Å². The van der Waals surface area contributed by atoms with Gasteiger partial charge in [-0.05, 0) is 74.9 Å². The molecule has 9 heteroatoms. The number of ether oxygens (including phenoxy) is 2. The van der Waals surface area contributed by atoms with Gasteiger partial charge in [-0.15, -0.1) is 0 Å². The molecular formula is C28H34F4N2O2S. The van der Waals surface area contributed by atoms with Gasteiger partial charge in [0.25, 0.3) is 0 Å². The average molecular weight is 539 g/mol. The topological polar surface area (TPSA) is 43.2 Å². The van der Waals surface area contributed by atoms with E-state index in [1.54, 1.807) is 18.2 Å². The van der Waals surface area contributed by atoms with Crippen molar-refractivity contribution in [2.75, 3.05) is 13.2 Å². The lowest BCUT2D eigenvalue weighted by Crippen LogP contribution is -2.46. The van der Waals surface area contributed by atoms with Crippen LogP contribution in [0.3, 0.4) is 0 Å². The molecule has 1 aliphatic heterocycles. The molecule has 0 amide bonds. The minimum atomic E-state index is -4.43. The highest BCUT2D eigenvalue weighted by Gasteiger charge is 2.41. The molecule has 0 spiro atoms. The number of nitrogens with zero attached hydrogens (tertiary/aromatic N) is 2. The Hall–Kier alpha value is -2.55. The van der Waals surface area contributed by atoms with E-state index in [0.29, 0.717) is 46.8 Å². The third-order valence-corrected chi connectivity index (χ3v) is 7.11. The van der Waals surface area contributed by atoms with Crippen LogP contribution in [-0.2, 0) is 15.7 Å². The predicted molar refractivity (Wildman–Crippen MR) is 140 cm³/mol. The molecule has 0 aromatic heterocycles. The van der Waals surface area contributed by atoms with Crippen molar-refractivity contribution < 1.29 is 27.0 Å². The van der Waals surface area contributed by atoms with Crippen molar-refractivity contribution >= 4 is 23.6 Å². The molecule has 0 radical (unpaired) electrons. The molecule has 3 rings (SSSR count). The van der Waals surface area contributed by atoms with Gasteiger partial charge in [0.2, 0.25) is 11.8 Å². The Morgan fingerprint density at radius 2 is 1.68 bits per heavy atom. The van der Waals surface area contributed by atoms with E-state index in [0.717, 1.165) is 23.9 Å². The number of hydrogen-bond acceptors (Lipinski definition) is 5. The zero-order valence-electron chi connectivity index (χ0n) is 22.0. The highest BCUT2D eigenvalue weighted by Crippen LogP contribution is 2.38. The molecule has 1 heterocycles. The van der Waals surface area contributed by atoms with Crippen LogP contribution in [0.4, 0.5) is 17.6 Å². The largest absolute Gasteiger partial charge is 0.480 e. The van der Waals surface area contributed by atoms with Gasteiger partial charge in [0.05, 0.1) is 18.8 Å². The lowest BCUT2D eigenvalue weighted by Gasteiger charge is -2.36. The summed E-state index contributed by atoms with van der Waals surface area (Å²) < 4.78 is 66.1. The summed E-state index contributed by atoms with van der Waals surface area (Å²) in [7, 11) is 0. The summed E-state index contributed by atoms with van der Waals surface area (Å²) in [6, 6.07) is 9.54. The van der Waals surface area contributed by atoms with E-state index in [2.05, 4.69) is 0 Å². The van der Waals surface area contributed by atoms with Crippen LogP contribution in [0.1, 0.15) is 65.0 Å². The standard InChI is InChI=1S/C28H34F4N2O2S/c1-7-35-25-24(17(3)4)33-26(36-8-2)27(6,34-25)16-18(5)22-13-12-21(15-23(22)29)37-20-11-9-10-19(14-20)28(30,31)32/h9-15,17-18,24H,7-8,16H2,1-6H3/t18-,24+,27?/m1/s1. The number of benzene rings is 2. The van der Waals surface area contributed by atoms with Gasteiger partial charge >= 0.3 is 6.18 Å². The predicted octanol–water partition coefficient (Wildman–Crippen LogP) is 8.16. The van der Waals surface area contributed by atoms with Gasteiger partial charge in [-0.25, -0.2) is 14.4 Å². The maximum absolute atomic E-state index is 15.2. The monoisotopic (exact) mass is 538 g/mol. The van der Waals surface area contributed by atoms with Crippen molar-refractivity contribution in [3.8, 4) is 0 Å². The van der Waals surface area contributed by atoms with E-state index < -0.39 is 23.1 Å². The van der Waals surface area contributed by atoms with E-state index in [9.17, 15) is 13.2 Å². The molecule has 37 heavy (non-hydrogen) atoms. The SMILES string of the molecule is CCOC1=NC(C)(C[C@@H](C)c2ccc(Sc3cccc(C(F)(F)F)c3)cc2F)C(OCC)=N[C@H]1C(C)C. The highest BCUT2D eigenvalue weighted by molar-refractivity contribution is 7.99. The Labute approximate surface area is 220 Å². The Bertz CT molecular complexity index is 1150. The molecular weight excluding hydrogens is 504 g/mol. The molecule has 0 N–H and O–H groups in total. The summed E-state index contributed by atoms with van der Waals surface area (Å²) in [6.45, 7) is 12.6. The Kier molecular flexibility index (Phi) is 9.32. The van der Waals surface area contributed by atoms with Gasteiger partial charge in [-0.2, -0.15) is 13.2 Å². The van der Waals surface area contributed by atoms with Gasteiger partial charge in [0.1, 0.15) is 17.4 Å². The summed E-state index contributed by atoms with van der Waals surface area (Å²) in [5, 5.41) is 0. The maximum Gasteiger partial charge on any atom is 0.416 e. The molecule has 202 valence electrons. The molecule has 0 fully saturated rings. The number of hydrogen-bond donors (Lipinski definition) is 0. The van der Waals surface area contributed by atoms with Gasteiger partial charge in [0, 0.05) is 9.79 Å². The van der Waals surface area contributed by atoms with E-state index in [-0.39, 0.29) is 17.9 Å². The molecule has 2 aromatic rings. The molecule has 2 aromatic carbocycles. The highest BCUT2D eigenvalue weighted by atomic mass is 32.2. The van der Waals surface area contributed by atoms with E-state index >= 15 is 4.39 Å². The lowest BCUT2D eigenvalue weighted by molar-refractivity contribution is -0.137. The lowest BCUT2D eigenvalue weighted by atomic mass is 9.84. The van der Waals surface area contributed by atoms with Crippen molar-refractivity contribution in [2.24, 2.45) is 15.9 Å². The van der Waals surface area contributed by atoms with Crippen LogP contribution in [-0.4, -0.2) is 36.6 Å². The minimum Gasteiger partial charge on any atom is -0.480 e. The Balaban J connectivity index is 1.84. The minimum absolute atomic E-state index is 0.169.